The first-order chi connectivity index (χ1) is 9.11. The molecule has 0 saturated carbocycles. The van der Waals surface area contributed by atoms with Crippen LogP contribution in [-0.4, -0.2) is 30.8 Å². The summed E-state index contributed by atoms with van der Waals surface area (Å²) in [5.41, 5.74) is 0.957. The van der Waals surface area contributed by atoms with E-state index < -0.39 is 0 Å². The lowest BCUT2D eigenvalue weighted by Crippen LogP contribution is -2.26. The van der Waals surface area contributed by atoms with E-state index in [-0.39, 0.29) is 12.5 Å². The largest absolute Gasteiger partial charge is 0.493 e. The van der Waals surface area contributed by atoms with Crippen LogP contribution in [0.15, 0.2) is 24.3 Å². The summed E-state index contributed by atoms with van der Waals surface area (Å²) in [7, 11) is 0. The Balaban J connectivity index is 2.37. The highest BCUT2D eigenvalue weighted by molar-refractivity contribution is 5.78. The van der Waals surface area contributed by atoms with E-state index >= 15 is 0 Å². The fourth-order valence-corrected chi connectivity index (χ4v) is 1.52. The molecule has 1 amide bonds. The molecule has 0 aliphatic carbocycles. The molecular formula is C15H23NO3. The van der Waals surface area contributed by atoms with Gasteiger partial charge in [-0.05, 0) is 30.0 Å². The number of ether oxygens (including phenoxy) is 1. The highest BCUT2D eigenvalue weighted by Crippen LogP contribution is 2.13. The Kier molecular flexibility index (Phi) is 6.97. The number of aliphatic hydroxyl groups is 1. The van der Waals surface area contributed by atoms with Gasteiger partial charge in [0.25, 0.3) is 0 Å². The maximum absolute atomic E-state index is 11.6. The van der Waals surface area contributed by atoms with E-state index in [9.17, 15) is 4.79 Å². The van der Waals surface area contributed by atoms with Gasteiger partial charge in [-0.3, -0.25) is 4.79 Å². The van der Waals surface area contributed by atoms with Crippen LogP contribution in [0.1, 0.15) is 25.8 Å². The molecule has 0 spiro atoms. The van der Waals surface area contributed by atoms with Crippen molar-refractivity contribution in [1.82, 2.24) is 5.32 Å². The van der Waals surface area contributed by atoms with Crippen molar-refractivity contribution in [2.45, 2.75) is 26.7 Å². The third-order valence-electron chi connectivity index (χ3n) is 2.53. The van der Waals surface area contributed by atoms with E-state index in [0.29, 0.717) is 31.9 Å². The first-order valence-electron chi connectivity index (χ1n) is 6.71. The van der Waals surface area contributed by atoms with E-state index in [4.69, 9.17) is 9.84 Å². The number of aliphatic hydroxyl groups excluding tert-OH is 1. The Morgan fingerprint density at radius 2 is 2.00 bits per heavy atom. The topological polar surface area (TPSA) is 58.6 Å². The van der Waals surface area contributed by atoms with Crippen LogP contribution in [-0.2, 0) is 11.2 Å². The summed E-state index contributed by atoms with van der Waals surface area (Å²) in [5, 5.41) is 11.4. The number of amides is 1. The first kappa shape index (κ1) is 15.5. The zero-order chi connectivity index (χ0) is 14.1. The molecule has 0 bridgehead atoms. The summed E-state index contributed by atoms with van der Waals surface area (Å²) < 4.78 is 5.58. The lowest BCUT2D eigenvalue weighted by Gasteiger charge is -2.09. The average molecular weight is 265 g/mol. The minimum atomic E-state index is -0.0238. The number of hydrogen-bond acceptors (Lipinski definition) is 3. The number of carbonyl (C=O) groups excluding carboxylic acids is 1. The first-order valence-corrected chi connectivity index (χ1v) is 6.71. The van der Waals surface area contributed by atoms with Gasteiger partial charge in [-0.25, -0.2) is 0 Å². The van der Waals surface area contributed by atoms with Crippen molar-refractivity contribution in [2.24, 2.45) is 5.92 Å². The molecule has 0 aliphatic heterocycles. The molecule has 0 fully saturated rings. The molecule has 0 saturated heterocycles. The molecule has 0 atom stereocenters. The van der Waals surface area contributed by atoms with Gasteiger partial charge in [0, 0.05) is 13.2 Å². The zero-order valence-electron chi connectivity index (χ0n) is 11.7. The Bertz CT molecular complexity index is 373. The second-order valence-electron chi connectivity index (χ2n) is 4.95. The Morgan fingerprint density at radius 3 is 2.58 bits per heavy atom. The summed E-state index contributed by atoms with van der Waals surface area (Å²) in [6.07, 6.45) is 0.948. The van der Waals surface area contributed by atoms with Gasteiger partial charge < -0.3 is 15.2 Å². The maximum Gasteiger partial charge on any atom is 0.224 e. The van der Waals surface area contributed by atoms with Crippen LogP contribution >= 0.6 is 0 Å². The Hall–Kier alpha value is -1.55. The van der Waals surface area contributed by atoms with Crippen LogP contribution in [0.4, 0.5) is 0 Å². The molecule has 0 aromatic heterocycles. The van der Waals surface area contributed by atoms with E-state index in [1.54, 1.807) is 0 Å². The molecular weight excluding hydrogens is 242 g/mol. The highest BCUT2D eigenvalue weighted by atomic mass is 16.5. The SMILES string of the molecule is CC(C)COc1ccc(CC(=O)NCCCO)cc1. The molecule has 4 nitrogen and oxygen atoms in total. The molecule has 4 heteroatoms. The number of carbonyl (C=O) groups is 1. The molecule has 2 N–H and O–H groups in total. The standard InChI is InChI=1S/C15H23NO3/c1-12(2)11-19-14-6-4-13(5-7-14)10-15(18)16-8-3-9-17/h4-7,12,17H,3,8-11H2,1-2H3,(H,16,18). The third-order valence-corrected chi connectivity index (χ3v) is 2.53. The van der Waals surface area contributed by atoms with Crippen molar-refractivity contribution in [3.8, 4) is 5.75 Å². The summed E-state index contributed by atoms with van der Waals surface area (Å²) in [6, 6.07) is 7.58. The van der Waals surface area contributed by atoms with Crippen LogP contribution in [0.2, 0.25) is 0 Å². The van der Waals surface area contributed by atoms with Crippen molar-refractivity contribution < 1.29 is 14.6 Å². The fourth-order valence-electron chi connectivity index (χ4n) is 1.52. The van der Waals surface area contributed by atoms with Crippen molar-refractivity contribution in [3.05, 3.63) is 29.8 Å². The van der Waals surface area contributed by atoms with Crippen LogP contribution in [0.5, 0.6) is 5.75 Å². The van der Waals surface area contributed by atoms with Gasteiger partial charge in [0.05, 0.1) is 13.0 Å². The monoisotopic (exact) mass is 265 g/mol. The second-order valence-corrected chi connectivity index (χ2v) is 4.95. The molecule has 1 rings (SSSR count). The summed E-state index contributed by atoms with van der Waals surface area (Å²) in [4.78, 5) is 11.6. The number of rotatable bonds is 8. The van der Waals surface area contributed by atoms with Gasteiger partial charge in [0.15, 0.2) is 0 Å². The van der Waals surface area contributed by atoms with Crippen molar-refractivity contribution in [2.75, 3.05) is 19.8 Å². The predicted molar refractivity (Wildman–Crippen MR) is 75.2 cm³/mol. The van der Waals surface area contributed by atoms with Crippen molar-refractivity contribution in [3.63, 3.8) is 0 Å². The quantitative estimate of drug-likeness (QED) is 0.704. The highest BCUT2D eigenvalue weighted by Gasteiger charge is 2.03. The van der Waals surface area contributed by atoms with Crippen LogP contribution in [0.25, 0.3) is 0 Å². The third kappa shape index (κ3) is 6.82. The van der Waals surface area contributed by atoms with Crippen molar-refractivity contribution in [1.29, 1.82) is 0 Å². The number of nitrogens with one attached hydrogen (secondary N) is 1. The fraction of sp³-hybridized carbons (Fsp3) is 0.533. The lowest BCUT2D eigenvalue weighted by atomic mass is 10.1. The minimum absolute atomic E-state index is 0.0238. The Labute approximate surface area is 114 Å². The van der Waals surface area contributed by atoms with Gasteiger partial charge in [-0.2, -0.15) is 0 Å². The normalized spacial score (nSPS) is 10.5. The van der Waals surface area contributed by atoms with Crippen LogP contribution in [0, 0.1) is 5.92 Å². The van der Waals surface area contributed by atoms with Gasteiger partial charge >= 0.3 is 0 Å². The van der Waals surface area contributed by atoms with E-state index in [1.165, 1.54) is 0 Å². The van der Waals surface area contributed by atoms with Crippen molar-refractivity contribution >= 4 is 5.91 Å². The molecule has 1 aromatic carbocycles. The smallest absolute Gasteiger partial charge is 0.224 e. The van der Waals surface area contributed by atoms with Gasteiger partial charge in [-0.15, -0.1) is 0 Å². The summed E-state index contributed by atoms with van der Waals surface area (Å²) >= 11 is 0. The zero-order valence-corrected chi connectivity index (χ0v) is 11.7. The molecule has 19 heavy (non-hydrogen) atoms. The van der Waals surface area contributed by atoms with Gasteiger partial charge in [0.2, 0.25) is 5.91 Å². The summed E-state index contributed by atoms with van der Waals surface area (Å²) in [5.74, 6) is 1.31. The Morgan fingerprint density at radius 1 is 1.32 bits per heavy atom. The molecule has 1 aromatic rings. The maximum atomic E-state index is 11.6. The number of benzene rings is 1. The van der Waals surface area contributed by atoms with Gasteiger partial charge in [-0.1, -0.05) is 26.0 Å². The van der Waals surface area contributed by atoms with Crippen LogP contribution in [0.3, 0.4) is 0 Å². The van der Waals surface area contributed by atoms with Gasteiger partial charge in [0.1, 0.15) is 5.75 Å². The molecule has 0 aliphatic rings. The predicted octanol–water partition coefficient (Wildman–Crippen LogP) is 1.76. The number of hydrogen-bond donors (Lipinski definition) is 2. The molecule has 0 heterocycles. The molecule has 0 unspecified atom stereocenters. The second kappa shape index (κ2) is 8.53. The average Bonchev–Trinajstić information content (AvgIpc) is 2.38. The lowest BCUT2D eigenvalue weighted by molar-refractivity contribution is -0.120. The van der Waals surface area contributed by atoms with E-state index in [0.717, 1.165) is 11.3 Å². The minimum Gasteiger partial charge on any atom is -0.493 e. The van der Waals surface area contributed by atoms with Crippen LogP contribution < -0.4 is 10.1 Å². The van der Waals surface area contributed by atoms with E-state index in [1.807, 2.05) is 24.3 Å². The van der Waals surface area contributed by atoms with E-state index in [2.05, 4.69) is 19.2 Å². The molecule has 106 valence electrons. The molecule has 0 radical (unpaired) electrons. The summed E-state index contributed by atoms with van der Waals surface area (Å²) in [6.45, 7) is 5.52.